The van der Waals surface area contributed by atoms with Gasteiger partial charge in [0.1, 0.15) is 4.83 Å². The van der Waals surface area contributed by atoms with E-state index >= 15 is 0 Å². The highest BCUT2D eigenvalue weighted by atomic mass is 32.2. The monoisotopic (exact) mass is 409 g/mol. The number of ether oxygens (including phenoxy) is 1. The number of aryl methyl sites for hydroxylation is 2. The average molecular weight is 410 g/mol. The Morgan fingerprint density at radius 1 is 1.44 bits per heavy atom. The summed E-state index contributed by atoms with van der Waals surface area (Å²) in [5, 5.41) is 4.22. The van der Waals surface area contributed by atoms with Crippen LogP contribution in [0.2, 0.25) is 0 Å². The second-order valence-corrected chi connectivity index (χ2v) is 8.90. The second kappa shape index (κ2) is 9.21. The van der Waals surface area contributed by atoms with Gasteiger partial charge >= 0.3 is 0 Å². The molecule has 1 N–H and O–H groups in total. The van der Waals surface area contributed by atoms with Gasteiger partial charge in [-0.2, -0.15) is 0 Å². The second-order valence-electron chi connectivity index (χ2n) is 6.75. The molecule has 1 atom stereocenters. The molecule has 8 heteroatoms. The van der Waals surface area contributed by atoms with Crippen molar-refractivity contribution in [3.63, 3.8) is 0 Å². The van der Waals surface area contributed by atoms with Gasteiger partial charge in [0, 0.05) is 18.0 Å². The van der Waals surface area contributed by atoms with Crippen molar-refractivity contribution in [2.45, 2.75) is 64.3 Å². The van der Waals surface area contributed by atoms with Crippen LogP contribution >= 0.6 is 23.1 Å². The molecule has 2 aromatic heterocycles. The molecule has 0 aliphatic carbocycles. The molecule has 1 amide bonds. The third-order valence-corrected chi connectivity index (χ3v) is 6.76. The number of carbonyl (C=O) groups is 1. The molecular formula is C19H27N3O3S2. The predicted molar refractivity (Wildman–Crippen MR) is 111 cm³/mol. The minimum atomic E-state index is -0.0310. The standard InChI is InChI=1S/C19H27N3O3S2/c1-4-8-20-15(23)11-26-19-21-17-16(14(5-2)12(3)27-17)18(24)22(19)10-13-7-6-9-25-13/h13H,4-11H2,1-3H3,(H,20,23). The predicted octanol–water partition coefficient (Wildman–Crippen LogP) is 3.13. The Balaban J connectivity index is 1.96. The topological polar surface area (TPSA) is 73.2 Å². The number of nitrogens with zero attached hydrogens (tertiary/aromatic N) is 2. The minimum Gasteiger partial charge on any atom is -0.376 e. The number of fused-ring (bicyclic) bond motifs is 1. The van der Waals surface area contributed by atoms with Crippen LogP contribution in [0.15, 0.2) is 9.95 Å². The summed E-state index contributed by atoms with van der Waals surface area (Å²) in [5.41, 5.74) is 1.08. The van der Waals surface area contributed by atoms with E-state index in [0.717, 1.165) is 52.9 Å². The first-order valence-electron chi connectivity index (χ1n) is 9.59. The largest absolute Gasteiger partial charge is 0.376 e. The molecule has 0 bridgehead atoms. The van der Waals surface area contributed by atoms with Crippen molar-refractivity contribution in [2.75, 3.05) is 18.9 Å². The summed E-state index contributed by atoms with van der Waals surface area (Å²) in [6.07, 6.45) is 3.73. The van der Waals surface area contributed by atoms with Gasteiger partial charge in [0.25, 0.3) is 5.56 Å². The number of hydrogen-bond donors (Lipinski definition) is 1. The molecule has 2 aromatic rings. The van der Waals surface area contributed by atoms with Gasteiger partial charge in [0.15, 0.2) is 5.16 Å². The smallest absolute Gasteiger partial charge is 0.263 e. The summed E-state index contributed by atoms with van der Waals surface area (Å²) >= 11 is 2.89. The van der Waals surface area contributed by atoms with Gasteiger partial charge in [0.2, 0.25) is 5.91 Å². The number of aromatic nitrogens is 2. The molecule has 0 aromatic carbocycles. The van der Waals surface area contributed by atoms with Crippen LogP contribution in [-0.4, -0.2) is 40.5 Å². The number of nitrogens with one attached hydrogen (secondary N) is 1. The lowest BCUT2D eigenvalue weighted by atomic mass is 10.1. The minimum absolute atomic E-state index is 0.00633. The summed E-state index contributed by atoms with van der Waals surface area (Å²) in [6, 6.07) is 0. The molecular weight excluding hydrogens is 382 g/mol. The van der Waals surface area contributed by atoms with Crippen molar-refractivity contribution in [1.29, 1.82) is 0 Å². The van der Waals surface area contributed by atoms with E-state index in [1.165, 1.54) is 11.8 Å². The van der Waals surface area contributed by atoms with Crippen molar-refractivity contribution >= 4 is 39.2 Å². The third-order valence-electron chi connectivity index (χ3n) is 4.75. The van der Waals surface area contributed by atoms with E-state index in [-0.39, 0.29) is 23.3 Å². The molecule has 1 aliphatic rings. The van der Waals surface area contributed by atoms with Crippen LogP contribution in [0.5, 0.6) is 0 Å². The molecule has 0 radical (unpaired) electrons. The molecule has 27 heavy (non-hydrogen) atoms. The van der Waals surface area contributed by atoms with Crippen molar-refractivity contribution in [3.8, 4) is 0 Å². The van der Waals surface area contributed by atoms with E-state index in [4.69, 9.17) is 9.72 Å². The molecule has 1 fully saturated rings. The number of carbonyl (C=O) groups excluding carboxylic acids is 1. The highest BCUT2D eigenvalue weighted by Gasteiger charge is 2.23. The highest BCUT2D eigenvalue weighted by molar-refractivity contribution is 7.99. The Labute approximate surface area is 167 Å². The van der Waals surface area contributed by atoms with Crippen LogP contribution in [0, 0.1) is 6.92 Å². The summed E-state index contributed by atoms with van der Waals surface area (Å²) in [4.78, 5) is 32.0. The van der Waals surface area contributed by atoms with Gasteiger partial charge in [-0.3, -0.25) is 14.2 Å². The normalized spacial score (nSPS) is 16.9. The lowest BCUT2D eigenvalue weighted by Gasteiger charge is -2.16. The maximum absolute atomic E-state index is 13.3. The Bertz CT molecular complexity index is 869. The Hall–Kier alpha value is -1.38. The molecule has 1 saturated heterocycles. The Kier molecular flexibility index (Phi) is 6.94. The zero-order valence-electron chi connectivity index (χ0n) is 16.2. The first kappa shape index (κ1) is 20.4. The molecule has 1 aliphatic heterocycles. The van der Waals surface area contributed by atoms with Gasteiger partial charge in [-0.15, -0.1) is 11.3 Å². The number of rotatable bonds is 8. The van der Waals surface area contributed by atoms with E-state index < -0.39 is 0 Å². The third kappa shape index (κ3) is 4.55. The molecule has 0 saturated carbocycles. The van der Waals surface area contributed by atoms with Crippen molar-refractivity contribution < 1.29 is 9.53 Å². The molecule has 0 spiro atoms. The average Bonchev–Trinajstić information content (AvgIpc) is 3.27. The van der Waals surface area contributed by atoms with E-state index in [1.54, 1.807) is 15.9 Å². The number of thioether (sulfide) groups is 1. The van der Waals surface area contributed by atoms with E-state index in [1.807, 2.05) is 13.8 Å². The number of hydrogen-bond acceptors (Lipinski definition) is 6. The summed E-state index contributed by atoms with van der Waals surface area (Å²) < 4.78 is 7.47. The molecule has 3 rings (SSSR count). The van der Waals surface area contributed by atoms with Gasteiger partial charge < -0.3 is 10.1 Å². The quantitative estimate of drug-likeness (QED) is 0.536. The van der Waals surface area contributed by atoms with Gasteiger partial charge in [-0.1, -0.05) is 25.6 Å². The Morgan fingerprint density at radius 3 is 2.93 bits per heavy atom. The van der Waals surface area contributed by atoms with Gasteiger partial charge in [0.05, 0.1) is 23.8 Å². The van der Waals surface area contributed by atoms with Crippen molar-refractivity contribution in [1.82, 2.24) is 14.9 Å². The molecule has 6 nitrogen and oxygen atoms in total. The fraction of sp³-hybridized carbons (Fsp3) is 0.632. The molecule has 1 unspecified atom stereocenters. The lowest BCUT2D eigenvalue weighted by Crippen LogP contribution is -2.30. The maximum atomic E-state index is 13.3. The van der Waals surface area contributed by atoms with Crippen LogP contribution < -0.4 is 10.9 Å². The van der Waals surface area contributed by atoms with E-state index in [0.29, 0.717) is 18.2 Å². The first-order chi connectivity index (χ1) is 13.0. The number of thiophene rings is 1. The lowest BCUT2D eigenvalue weighted by molar-refractivity contribution is -0.118. The van der Waals surface area contributed by atoms with E-state index in [9.17, 15) is 9.59 Å². The SMILES string of the molecule is CCCNC(=O)CSc1nc2sc(C)c(CC)c2c(=O)n1CC1CCCO1. The summed E-state index contributed by atoms with van der Waals surface area (Å²) in [5.74, 6) is 0.227. The molecule has 148 valence electrons. The fourth-order valence-electron chi connectivity index (χ4n) is 3.37. The van der Waals surface area contributed by atoms with Crippen LogP contribution in [0.25, 0.3) is 10.2 Å². The van der Waals surface area contributed by atoms with Crippen molar-refractivity contribution in [2.24, 2.45) is 0 Å². The van der Waals surface area contributed by atoms with Crippen LogP contribution in [0.1, 0.15) is 43.6 Å². The number of amides is 1. The van der Waals surface area contributed by atoms with E-state index in [2.05, 4.69) is 12.2 Å². The fourth-order valence-corrected chi connectivity index (χ4v) is 5.36. The van der Waals surface area contributed by atoms with Crippen LogP contribution in [-0.2, 0) is 22.5 Å². The zero-order valence-corrected chi connectivity index (χ0v) is 17.8. The van der Waals surface area contributed by atoms with Gasteiger partial charge in [-0.05, 0) is 38.2 Å². The summed E-state index contributed by atoms with van der Waals surface area (Å²) in [7, 11) is 0. The molecule has 3 heterocycles. The van der Waals surface area contributed by atoms with Gasteiger partial charge in [-0.25, -0.2) is 4.98 Å². The zero-order chi connectivity index (χ0) is 19.4. The maximum Gasteiger partial charge on any atom is 0.263 e. The summed E-state index contributed by atoms with van der Waals surface area (Å²) in [6.45, 7) is 8.04. The highest BCUT2D eigenvalue weighted by Crippen LogP contribution is 2.30. The Morgan fingerprint density at radius 2 is 2.26 bits per heavy atom. The first-order valence-corrected chi connectivity index (χ1v) is 11.4. The van der Waals surface area contributed by atoms with Crippen molar-refractivity contribution in [3.05, 3.63) is 20.8 Å². The van der Waals surface area contributed by atoms with Crippen LogP contribution in [0.3, 0.4) is 0 Å². The van der Waals surface area contributed by atoms with Crippen LogP contribution in [0.4, 0.5) is 0 Å².